The molecule has 0 spiro atoms. The van der Waals surface area contributed by atoms with Crippen molar-refractivity contribution in [3.63, 3.8) is 0 Å². The van der Waals surface area contributed by atoms with Crippen molar-refractivity contribution in [2.75, 3.05) is 5.43 Å². The Kier molecular flexibility index (Phi) is 3.43. The van der Waals surface area contributed by atoms with Crippen LogP contribution in [0, 0.1) is 0 Å². The molecule has 3 aromatic heterocycles. The molecule has 0 aromatic carbocycles. The van der Waals surface area contributed by atoms with Crippen LogP contribution < -0.4 is 11.3 Å². The minimum absolute atomic E-state index is 0.212. The number of nitrogens with two attached hydrogens (primary N) is 1. The normalized spacial score (nSPS) is 10.4. The number of nitrogens with zero attached hydrogens (tertiary/aromatic N) is 8. The molecule has 10 nitrogen and oxygen atoms in total. The minimum atomic E-state index is 0.212. The molecule has 20 heavy (non-hydrogen) atoms. The number of nitrogen functional groups attached to an aromatic ring is 1. The van der Waals surface area contributed by atoms with Crippen molar-refractivity contribution in [2.24, 2.45) is 5.84 Å². The van der Waals surface area contributed by atoms with Crippen molar-refractivity contribution in [1.82, 2.24) is 39.7 Å². The highest BCUT2D eigenvalue weighted by Crippen LogP contribution is 2.21. The van der Waals surface area contributed by atoms with Gasteiger partial charge in [0, 0.05) is 12.4 Å². The van der Waals surface area contributed by atoms with Gasteiger partial charge in [-0.05, 0) is 17.8 Å². The molecule has 0 amide bonds. The molecule has 3 N–H and O–H groups in total. The Balaban J connectivity index is 1.96. The third-order valence-electron chi connectivity index (χ3n) is 2.08. The van der Waals surface area contributed by atoms with Gasteiger partial charge in [0.15, 0.2) is 5.16 Å². The van der Waals surface area contributed by atoms with Crippen molar-refractivity contribution in [1.29, 1.82) is 0 Å². The molecule has 3 aromatic rings. The third-order valence-corrected chi connectivity index (χ3v) is 2.84. The summed E-state index contributed by atoms with van der Waals surface area (Å²) >= 11 is 1.19. The second-order valence-corrected chi connectivity index (χ2v) is 4.29. The van der Waals surface area contributed by atoms with Crippen LogP contribution in [-0.2, 0) is 0 Å². The molecule has 0 radical (unpaired) electrons. The maximum Gasteiger partial charge on any atom is 0.257 e. The molecule has 100 valence electrons. The minimum Gasteiger partial charge on any atom is -0.292 e. The highest BCUT2D eigenvalue weighted by atomic mass is 32.2. The quantitative estimate of drug-likeness (QED) is 0.373. The van der Waals surface area contributed by atoms with Crippen molar-refractivity contribution in [2.45, 2.75) is 10.3 Å². The van der Waals surface area contributed by atoms with Crippen molar-refractivity contribution in [3.05, 3.63) is 31.1 Å². The summed E-state index contributed by atoms with van der Waals surface area (Å²) in [7, 11) is 0. The standard InChI is InChI=1S/C9H8N10S/c10-18-6-15-7(19-5-11-4-14-19)17-9(16-6)20-8-12-2-1-3-13-8/h1-5H,10H2,(H,15,16,17,18). The summed E-state index contributed by atoms with van der Waals surface area (Å²) in [4.78, 5) is 24.5. The number of aromatic nitrogens is 8. The van der Waals surface area contributed by atoms with Gasteiger partial charge in [-0.15, -0.1) is 0 Å². The van der Waals surface area contributed by atoms with Gasteiger partial charge >= 0.3 is 0 Å². The Morgan fingerprint density at radius 1 is 1.10 bits per heavy atom. The summed E-state index contributed by atoms with van der Waals surface area (Å²) < 4.78 is 1.40. The average molecular weight is 288 g/mol. The number of rotatable bonds is 4. The van der Waals surface area contributed by atoms with E-state index in [9.17, 15) is 0 Å². The number of hydrogen-bond acceptors (Lipinski definition) is 10. The first-order valence-corrected chi connectivity index (χ1v) is 6.19. The van der Waals surface area contributed by atoms with E-state index in [4.69, 9.17) is 5.84 Å². The van der Waals surface area contributed by atoms with Gasteiger partial charge in [-0.3, -0.25) is 5.43 Å². The molecule has 0 unspecified atom stereocenters. The number of anilines is 1. The van der Waals surface area contributed by atoms with Crippen LogP contribution in [0.25, 0.3) is 5.95 Å². The van der Waals surface area contributed by atoms with Crippen LogP contribution in [-0.4, -0.2) is 39.7 Å². The molecular formula is C9H8N10S. The van der Waals surface area contributed by atoms with Crippen LogP contribution in [0.3, 0.4) is 0 Å². The van der Waals surface area contributed by atoms with Gasteiger partial charge in [0.1, 0.15) is 12.7 Å². The summed E-state index contributed by atoms with van der Waals surface area (Å²) in [6.07, 6.45) is 6.13. The molecule has 0 saturated heterocycles. The summed E-state index contributed by atoms with van der Waals surface area (Å²) in [6, 6.07) is 1.73. The first-order valence-electron chi connectivity index (χ1n) is 5.38. The smallest absolute Gasteiger partial charge is 0.257 e. The van der Waals surface area contributed by atoms with Crippen molar-refractivity contribution in [3.8, 4) is 5.95 Å². The monoisotopic (exact) mass is 288 g/mol. The summed E-state index contributed by atoms with van der Waals surface area (Å²) in [5.74, 6) is 5.85. The zero-order valence-corrected chi connectivity index (χ0v) is 10.8. The van der Waals surface area contributed by atoms with Crippen LogP contribution in [0.5, 0.6) is 0 Å². The van der Waals surface area contributed by atoms with Crippen LogP contribution in [0.2, 0.25) is 0 Å². The van der Waals surface area contributed by atoms with Crippen LogP contribution in [0.4, 0.5) is 5.95 Å². The number of hydrogen-bond donors (Lipinski definition) is 2. The molecule has 0 fully saturated rings. The summed E-state index contributed by atoms with van der Waals surface area (Å²) in [6.45, 7) is 0. The molecule has 3 rings (SSSR count). The molecule has 0 saturated carbocycles. The SMILES string of the molecule is NNc1nc(Sc2ncccn2)nc(-n2cncn2)n1. The Morgan fingerprint density at radius 3 is 2.65 bits per heavy atom. The third kappa shape index (κ3) is 2.67. The molecule has 0 aliphatic carbocycles. The lowest BCUT2D eigenvalue weighted by Gasteiger charge is -2.04. The fourth-order valence-electron chi connectivity index (χ4n) is 1.29. The Bertz CT molecular complexity index is 685. The lowest BCUT2D eigenvalue weighted by atomic mass is 10.7. The van der Waals surface area contributed by atoms with E-state index in [1.807, 2.05) is 0 Å². The Morgan fingerprint density at radius 2 is 1.95 bits per heavy atom. The number of hydrazine groups is 1. The molecule has 0 bridgehead atoms. The van der Waals surface area contributed by atoms with Crippen LogP contribution >= 0.6 is 11.8 Å². The lowest BCUT2D eigenvalue weighted by Crippen LogP contribution is -2.14. The van der Waals surface area contributed by atoms with E-state index < -0.39 is 0 Å². The topological polar surface area (TPSA) is 133 Å². The fraction of sp³-hybridized carbons (Fsp3) is 0. The van der Waals surface area contributed by atoms with E-state index in [1.165, 1.54) is 29.1 Å². The van der Waals surface area contributed by atoms with Crippen LogP contribution in [0.1, 0.15) is 0 Å². The van der Waals surface area contributed by atoms with E-state index in [0.29, 0.717) is 16.3 Å². The molecular weight excluding hydrogens is 280 g/mol. The molecule has 11 heteroatoms. The van der Waals surface area contributed by atoms with E-state index in [-0.39, 0.29) is 5.95 Å². The van der Waals surface area contributed by atoms with Gasteiger partial charge in [0.25, 0.3) is 5.95 Å². The van der Waals surface area contributed by atoms with Gasteiger partial charge in [-0.1, -0.05) is 0 Å². The van der Waals surface area contributed by atoms with Gasteiger partial charge in [-0.25, -0.2) is 20.8 Å². The van der Waals surface area contributed by atoms with Gasteiger partial charge in [0.2, 0.25) is 11.1 Å². The Hall–Kier alpha value is -2.66. The molecule has 3 heterocycles. The van der Waals surface area contributed by atoms with Gasteiger partial charge in [-0.2, -0.15) is 24.7 Å². The zero-order valence-electron chi connectivity index (χ0n) is 9.95. The van der Waals surface area contributed by atoms with E-state index in [1.54, 1.807) is 18.5 Å². The number of nitrogens with one attached hydrogen (secondary N) is 1. The first kappa shape index (κ1) is 12.4. The lowest BCUT2D eigenvalue weighted by molar-refractivity contribution is 0.758. The predicted molar refractivity (Wildman–Crippen MR) is 68.7 cm³/mol. The Labute approximate surface area is 116 Å². The summed E-state index contributed by atoms with van der Waals surface area (Å²) in [5, 5.41) is 4.87. The summed E-state index contributed by atoms with van der Waals surface area (Å²) in [5.41, 5.74) is 2.38. The van der Waals surface area contributed by atoms with E-state index in [2.05, 4.69) is 40.4 Å². The average Bonchev–Trinajstić information content (AvgIpc) is 3.02. The fourth-order valence-corrected chi connectivity index (χ4v) is 1.94. The van der Waals surface area contributed by atoms with Gasteiger partial charge in [0.05, 0.1) is 0 Å². The molecule has 0 atom stereocenters. The van der Waals surface area contributed by atoms with Crippen LogP contribution in [0.15, 0.2) is 41.4 Å². The second-order valence-electron chi connectivity index (χ2n) is 3.36. The predicted octanol–water partition coefficient (Wildman–Crippen LogP) is -0.321. The first-order chi connectivity index (χ1) is 9.85. The highest BCUT2D eigenvalue weighted by Gasteiger charge is 2.10. The second kappa shape index (κ2) is 5.54. The van der Waals surface area contributed by atoms with Crippen molar-refractivity contribution >= 4 is 17.7 Å². The van der Waals surface area contributed by atoms with Gasteiger partial charge < -0.3 is 0 Å². The molecule has 0 aliphatic rings. The highest BCUT2D eigenvalue weighted by molar-refractivity contribution is 7.99. The van der Waals surface area contributed by atoms with Crippen molar-refractivity contribution < 1.29 is 0 Å². The van der Waals surface area contributed by atoms with E-state index in [0.717, 1.165) is 0 Å². The maximum atomic E-state index is 5.35. The molecule has 0 aliphatic heterocycles. The zero-order chi connectivity index (χ0) is 13.8. The largest absolute Gasteiger partial charge is 0.292 e. The maximum absolute atomic E-state index is 5.35. The van der Waals surface area contributed by atoms with E-state index >= 15 is 0 Å².